The molecule has 10 heteroatoms. The fourth-order valence-corrected chi connectivity index (χ4v) is 5.45. The molecule has 4 heterocycles. The second kappa shape index (κ2) is 10.6. The normalized spacial score (nSPS) is 14.2. The van der Waals surface area contributed by atoms with Crippen LogP contribution in [0.15, 0.2) is 72.8 Å². The summed E-state index contributed by atoms with van der Waals surface area (Å²) in [4.78, 5) is 19.8. The Hall–Kier alpha value is -4.83. The number of aromatic amines is 1. The number of rotatable bonds is 7. The lowest BCUT2D eigenvalue weighted by atomic mass is 10.1. The summed E-state index contributed by atoms with van der Waals surface area (Å²) in [5.74, 6) is 2.17. The fraction of sp³-hybridized carbons (Fsp3) is 0.258. The zero-order chi connectivity index (χ0) is 27.8. The van der Waals surface area contributed by atoms with Crippen LogP contribution in [0.2, 0.25) is 0 Å². The van der Waals surface area contributed by atoms with Crippen LogP contribution < -0.4 is 10.2 Å². The molecule has 1 aliphatic rings. The van der Waals surface area contributed by atoms with E-state index in [2.05, 4.69) is 85.0 Å². The molecular weight excluding hydrogens is 512 g/mol. The molecule has 0 unspecified atom stereocenters. The van der Waals surface area contributed by atoms with Crippen LogP contribution in [0.4, 0.5) is 11.5 Å². The Morgan fingerprint density at radius 3 is 2.41 bits per heavy atom. The van der Waals surface area contributed by atoms with E-state index >= 15 is 0 Å². The number of hydrogen-bond donors (Lipinski definition) is 2. The van der Waals surface area contributed by atoms with Gasteiger partial charge in [0.05, 0.1) is 12.4 Å². The van der Waals surface area contributed by atoms with Crippen LogP contribution in [0.1, 0.15) is 17.0 Å². The molecule has 0 saturated carbocycles. The number of fused-ring (bicyclic) bond motifs is 3. The minimum atomic E-state index is 0.585. The topological polar surface area (TPSA) is 104 Å². The molecule has 3 aromatic heterocycles. The molecule has 2 N–H and O–H groups in total. The van der Waals surface area contributed by atoms with Crippen LogP contribution in [0, 0.1) is 0 Å². The molecule has 3 aromatic carbocycles. The number of likely N-dealkylation sites (N-methyl/N-ethyl adjacent to an activating group) is 1. The molecule has 0 amide bonds. The summed E-state index contributed by atoms with van der Waals surface area (Å²) in [6.45, 7) is 4.98. The van der Waals surface area contributed by atoms with Crippen LogP contribution in [-0.2, 0) is 20.0 Å². The molecular formula is C31H32N10. The second-order valence-corrected chi connectivity index (χ2v) is 10.7. The minimum absolute atomic E-state index is 0.585. The molecule has 0 radical (unpaired) electrons. The van der Waals surface area contributed by atoms with Crippen LogP contribution in [0.3, 0.4) is 0 Å². The summed E-state index contributed by atoms with van der Waals surface area (Å²) >= 11 is 0. The van der Waals surface area contributed by atoms with Crippen molar-refractivity contribution in [3.63, 3.8) is 0 Å². The third-order valence-electron chi connectivity index (χ3n) is 7.73. The first-order valence-corrected chi connectivity index (χ1v) is 14.0. The van der Waals surface area contributed by atoms with Crippen LogP contribution in [-0.4, -0.2) is 73.3 Å². The van der Waals surface area contributed by atoms with E-state index in [1.54, 1.807) is 7.05 Å². The number of nitrogens with one attached hydrogen (secondary N) is 2. The minimum Gasteiger partial charge on any atom is -0.369 e. The van der Waals surface area contributed by atoms with Gasteiger partial charge in [0.2, 0.25) is 5.82 Å². The van der Waals surface area contributed by atoms with Crippen molar-refractivity contribution in [3.05, 3.63) is 89.7 Å². The Morgan fingerprint density at radius 1 is 0.854 bits per heavy atom. The van der Waals surface area contributed by atoms with Crippen molar-refractivity contribution >= 4 is 33.4 Å². The fourth-order valence-electron chi connectivity index (χ4n) is 5.45. The van der Waals surface area contributed by atoms with Gasteiger partial charge in [0.1, 0.15) is 17.3 Å². The maximum Gasteiger partial charge on any atom is 0.204 e. The molecule has 0 aliphatic carbocycles. The van der Waals surface area contributed by atoms with Crippen molar-refractivity contribution in [2.45, 2.75) is 13.0 Å². The monoisotopic (exact) mass is 544 g/mol. The quantitative estimate of drug-likeness (QED) is 0.307. The number of H-pyrrole nitrogens is 1. The summed E-state index contributed by atoms with van der Waals surface area (Å²) < 4.78 is 0. The number of anilines is 2. The zero-order valence-electron chi connectivity index (χ0n) is 23.2. The molecule has 1 saturated heterocycles. The summed E-state index contributed by atoms with van der Waals surface area (Å²) in [7, 11) is 3.95. The Kier molecular flexibility index (Phi) is 6.52. The summed E-state index contributed by atoms with van der Waals surface area (Å²) in [6, 6.07) is 25.3. The van der Waals surface area contributed by atoms with Crippen LogP contribution in [0.25, 0.3) is 33.3 Å². The Labute approximate surface area is 238 Å². The zero-order valence-corrected chi connectivity index (χ0v) is 23.2. The SMILES string of the molecule is CN1CCN(c2ccc(CNc3nc(Cc4ccccc4)nc4[nH]c5cc(-c6nnn(C)n6)ccc5c34)cc2)CC1. The number of tetrazole rings is 1. The second-order valence-electron chi connectivity index (χ2n) is 10.7. The van der Waals surface area contributed by atoms with E-state index in [0.29, 0.717) is 18.8 Å². The number of benzene rings is 3. The van der Waals surface area contributed by atoms with Gasteiger partial charge in [-0.05, 0) is 41.6 Å². The Morgan fingerprint density at radius 2 is 1.66 bits per heavy atom. The molecule has 7 rings (SSSR count). The summed E-state index contributed by atoms with van der Waals surface area (Å²) in [5.41, 5.74) is 6.30. The third kappa shape index (κ3) is 5.21. The first-order chi connectivity index (χ1) is 20.1. The lowest BCUT2D eigenvalue weighted by Gasteiger charge is -2.34. The highest BCUT2D eigenvalue weighted by Crippen LogP contribution is 2.32. The maximum absolute atomic E-state index is 5.02. The van der Waals surface area contributed by atoms with Crippen LogP contribution in [0.5, 0.6) is 0 Å². The Balaban J connectivity index is 1.21. The standard InChI is InChI=1S/C31H32N10/c1-39-14-16-41(17-15-39)24-11-8-22(9-12-24)20-32-30-28-25-13-10-23(29-36-38-40(2)37-29)19-26(25)33-31(28)35-27(34-30)18-21-6-4-3-5-7-21/h3-13,19H,14-18,20H2,1-2H3,(H2,32,33,34,35). The van der Waals surface area contributed by atoms with Gasteiger partial charge in [0, 0.05) is 61.3 Å². The van der Waals surface area contributed by atoms with Gasteiger partial charge in [0.25, 0.3) is 0 Å². The van der Waals surface area contributed by atoms with Crippen molar-refractivity contribution < 1.29 is 0 Å². The number of aryl methyl sites for hydroxylation is 1. The van der Waals surface area contributed by atoms with Crippen molar-refractivity contribution in [2.75, 3.05) is 43.4 Å². The van der Waals surface area contributed by atoms with E-state index in [4.69, 9.17) is 9.97 Å². The number of piperazine rings is 1. The molecule has 1 aliphatic heterocycles. The van der Waals surface area contributed by atoms with Gasteiger partial charge in [-0.3, -0.25) is 0 Å². The molecule has 0 spiro atoms. The Bertz CT molecular complexity index is 1800. The van der Waals surface area contributed by atoms with E-state index in [1.165, 1.54) is 21.6 Å². The van der Waals surface area contributed by atoms with Gasteiger partial charge in [-0.2, -0.15) is 4.80 Å². The van der Waals surface area contributed by atoms with E-state index in [0.717, 1.165) is 65.3 Å². The van der Waals surface area contributed by atoms with E-state index < -0.39 is 0 Å². The smallest absolute Gasteiger partial charge is 0.204 e. The molecule has 1 fully saturated rings. The van der Waals surface area contributed by atoms with Gasteiger partial charge in [0.15, 0.2) is 0 Å². The molecule has 10 nitrogen and oxygen atoms in total. The molecule has 0 atom stereocenters. The highest BCUT2D eigenvalue weighted by molar-refractivity contribution is 6.11. The number of hydrogen-bond acceptors (Lipinski definition) is 8. The van der Waals surface area contributed by atoms with Crippen molar-refractivity contribution in [2.24, 2.45) is 7.05 Å². The van der Waals surface area contributed by atoms with E-state index in [-0.39, 0.29) is 0 Å². The number of aromatic nitrogens is 7. The molecule has 0 bridgehead atoms. The average Bonchev–Trinajstić information content (AvgIpc) is 3.60. The maximum atomic E-state index is 5.02. The number of nitrogens with zero attached hydrogens (tertiary/aromatic N) is 8. The largest absolute Gasteiger partial charge is 0.369 e. The lowest BCUT2D eigenvalue weighted by Crippen LogP contribution is -2.44. The first-order valence-electron chi connectivity index (χ1n) is 14.0. The van der Waals surface area contributed by atoms with Gasteiger partial charge >= 0.3 is 0 Å². The molecule has 206 valence electrons. The predicted molar refractivity (Wildman–Crippen MR) is 162 cm³/mol. The van der Waals surface area contributed by atoms with Crippen molar-refractivity contribution in [1.82, 2.24) is 40.1 Å². The van der Waals surface area contributed by atoms with Gasteiger partial charge in [-0.1, -0.05) is 54.6 Å². The predicted octanol–water partition coefficient (Wildman–Crippen LogP) is 4.26. The first kappa shape index (κ1) is 25.2. The molecule has 41 heavy (non-hydrogen) atoms. The van der Waals surface area contributed by atoms with Gasteiger partial charge in [-0.15, -0.1) is 10.2 Å². The summed E-state index contributed by atoms with van der Waals surface area (Å²) in [5, 5.41) is 18.2. The third-order valence-corrected chi connectivity index (χ3v) is 7.73. The van der Waals surface area contributed by atoms with E-state index in [1.807, 2.05) is 30.3 Å². The lowest BCUT2D eigenvalue weighted by molar-refractivity contribution is 0.313. The highest BCUT2D eigenvalue weighted by atomic mass is 15.6. The van der Waals surface area contributed by atoms with Gasteiger partial charge in [-0.25, -0.2) is 9.97 Å². The average molecular weight is 545 g/mol. The van der Waals surface area contributed by atoms with Crippen LogP contribution >= 0.6 is 0 Å². The van der Waals surface area contributed by atoms with Gasteiger partial charge < -0.3 is 20.1 Å². The van der Waals surface area contributed by atoms with Crippen molar-refractivity contribution in [3.8, 4) is 11.4 Å². The van der Waals surface area contributed by atoms with Crippen molar-refractivity contribution in [1.29, 1.82) is 0 Å². The molecule has 6 aromatic rings. The summed E-state index contributed by atoms with van der Waals surface area (Å²) in [6.07, 6.45) is 0.648. The van der Waals surface area contributed by atoms with E-state index in [9.17, 15) is 0 Å². The highest BCUT2D eigenvalue weighted by Gasteiger charge is 2.17.